The van der Waals surface area contributed by atoms with E-state index in [1.807, 2.05) is 19.1 Å². The van der Waals surface area contributed by atoms with Crippen LogP contribution in [-0.2, 0) is 4.74 Å². The largest absolute Gasteiger partial charge is 0.372 e. The molecule has 0 spiro atoms. The summed E-state index contributed by atoms with van der Waals surface area (Å²) in [5.74, 6) is 1.62. The van der Waals surface area contributed by atoms with Gasteiger partial charge in [-0.1, -0.05) is 6.08 Å². The van der Waals surface area contributed by atoms with Crippen molar-refractivity contribution < 1.29 is 4.74 Å². The molecule has 3 atom stereocenters. The summed E-state index contributed by atoms with van der Waals surface area (Å²) < 4.78 is 5.91. The van der Waals surface area contributed by atoms with Gasteiger partial charge >= 0.3 is 0 Å². The Morgan fingerprint density at radius 3 is 3.06 bits per heavy atom. The number of hydrogen-bond donors (Lipinski definition) is 0. The Labute approximate surface area is 108 Å². The van der Waals surface area contributed by atoms with Crippen molar-refractivity contribution in [1.29, 1.82) is 0 Å². The van der Waals surface area contributed by atoms with Gasteiger partial charge in [-0.2, -0.15) is 5.10 Å². The molecule has 0 amide bonds. The number of aryl methyl sites for hydroxylation is 1. The Bertz CT molecular complexity index is 431. The molecule has 0 radical (unpaired) electrons. The third kappa shape index (κ3) is 1.90. The number of fused-ring (bicyclic) bond motifs is 2. The van der Waals surface area contributed by atoms with E-state index in [2.05, 4.69) is 27.7 Å². The van der Waals surface area contributed by atoms with E-state index in [1.165, 1.54) is 12.8 Å². The molecular formula is C14H19N3O. The second-order valence-corrected chi connectivity index (χ2v) is 5.18. The fourth-order valence-electron chi connectivity index (χ4n) is 3.18. The minimum absolute atomic E-state index is 0.339. The van der Waals surface area contributed by atoms with Crippen molar-refractivity contribution in [3.63, 3.8) is 0 Å². The van der Waals surface area contributed by atoms with Crippen LogP contribution in [0.15, 0.2) is 24.8 Å². The van der Waals surface area contributed by atoms with E-state index < -0.39 is 0 Å². The van der Waals surface area contributed by atoms with E-state index in [1.54, 1.807) is 0 Å². The lowest BCUT2D eigenvalue weighted by molar-refractivity contribution is 0.0589. The molecule has 2 fully saturated rings. The van der Waals surface area contributed by atoms with Crippen LogP contribution in [0.4, 0.5) is 5.82 Å². The van der Waals surface area contributed by atoms with Crippen LogP contribution in [0, 0.1) is 12.8 Å². The summed E-state index contributed by atoms with van der Waals surface area (Å²) >= 11 is 0. The molecule has 2 bridgehead atoms. The van der Waals surface area contributed by atoms with Gasteiger partial charge in [0.2, 0.25) is 0 Å². The maximum Gasteiger partial charge on any atom is 0.151 e. The third-order valence-corrected chi connectivity index (χ3v) is 3.99. The van der Waals surface area contributed by atoms with Gasteiger partial charge in [0.25, 0.3) is 0 Å². The van der Waals surface area contributed by atoms with Crippen molar-refractivity contribution in [3.8, 4) is 0 Å². The Hall–Kier alpha value is -1.42. The predicted molar refractivity (Wildman–Crippen MR) is 70.6 cm³/mol. The van der Waals surface area contributed by atoms with E-state index in [-0.39, 0.29) is 0 Å². The van der Waals surface area contributed by atoms with Crippen LogP contribution >= 0.6 is 0 Å². The van der Waals surface area contributed by atoms with Crippen LogP contribution in [0.3, 0.4) is 0 Å². The monoisotopic (exact) mass is 245 g/mol. The zero-order valence-electron chi connectivity index (χ0n) is 10.7. The number of anilines is 1. The van der Waals surface area contributed by atoms with Crippen molar-refractivity contribution in [3.05, 3.63) is 30.5 Å². The summed E-state index contributed by atoms with van der Waals surface area (Å²) in [6.07, 6.45) is 4.63. The first-order valence-electron chi connectivity index (χ1n) is 6.59. The SMILES string of the molecule is C=CCO[C@@H]1[C@H]2CC[C@H]1N(c1ccc(C)nn1)C2. The van der Waals surface area contributed by atoms with Crippen LogP contribution in [0.5, 0.6) is 0 Å². The number of piperidine rings is 1. The first-order chi connectivity index (χ1) is 8.79. The Morgan fingerprint density at radius 1 is 1.44 bits per heavy atom. The molecule has 0 unspecified atom stereocenters. The number of nitrogens with zero attached hydrogens (tertiary/aromatic N) is 3. The number of ether oxygens (including phenoxy) is 1. The van der Waals surface area contributed by atoms with Gasteiger partial charge in [0.1, 0.15) is 0 Å². The first kappa shape index (κ1) is 11.7. The van der Waals surface area contributed by atoms with Crippen LogP contribution in [0.25, 0.3) is 0 Å². The molecular weight excluding hydrogens is 226 g/mol. The summed E-state index contributed by atoms with van der Waals surface area (Å²) in [5.41, 5.74) is 0.961. The highest BCUT2D eigenvalue weighted by Crippen LogP contribution is 2.41. The van der Waals surface area contributed by atoms with Crippen molar-refractivity contribution in [2.75, 3.05) is 18.1 Å². The summed E-state index contributed by atoms with van der Waals surface area (Å²) in [5, 5.41) is 8.44. The van der Waals surface area contributed by atoms with Gasteiger partial charge in [-0.15, -0.1) is 11.7 Å². The zero-order valence-corrected chi connectivity index (χ0v) is 10.7. The summed E-state index contributed by atoms with van der Waals surface area (Å²) in [7, 11) is 0. The van der Waals surface area contributed by atoms with Gasteiger partial charge < -0.3 is 9.64 Å². The van der Waals surface area contributed by atoms with Gasteiger partial charge in [0, 0.05) is 12.5 Å². The van der Waals surface area contributed by atoms with Gasteiger partial charge in [-0.3, -0.25) is 0 Å². The average molecular weight is 245 g/mol. The normalized spacial score (nSPS) is 29.8. The van der Waals surface area contributed by atoms with Gasteiger partial charge in [0.15, 0.2) is 5.82 Å². The lowest BCUT2D eigenvalue weighted by Gasteiger charge is -2.27. The molecule has 0 aromatic carbocycles. The number of rotatable bonds is 4. The van der Waals surface area contributed by atoms with E-state index in [9.17, 15) is 0 Å². The van der Waals surface area contributed by atoms with E-state index in [0.29, 0.717) is 24.7 Å². The number of hydrogen-bond acceptors (Lipinski definition) is 4. The highest BCUT2D eigenvalue weighted by atomic mass is 16.5. The minimum Gasteiger partial charge on any atom is -0.372 e. The molecule has 1 aromatic rings. The molecule has 4 nitrogen and oxygen atoms in total. The lowest BCUT2D eigenvalue weighted by atomic mass is 10.1. The number of aromatic nitrogens is 2. The molecule has 18 heavy (non-hydrogen) atoms. The predicted octanol–water partition coefficient (Wildman–Crippen LogP) is 1.95. The van der Waals surface area contributed by atoms with Crippen molar-refractivity contribution in [1.82, 2.24) is 10.2 Å². The molecule has 1 saturated carbocycles. The highest BCUT2D eigenvalue weighted by Gasteiger charge is 2.48. The van der Waals surface area contributed by atoms with Gasteiger partial charge in [0.05, 0.1) is 24.4 Å². The molecule has 1 aliphatic carbocycles. The molecule has 96 valence electrons. The molecule has 1 aromatic heterocycles. The minimum atomic E-state index is 0.339. The standard InChI is InChI=1S/C14H19N3O/c1-3-8-18-14-11-5-6-12(14)17(9-11)13-7-4-10(2)15-16-13/h3-4,7,11-12,14H,1,5-6,8-9H2,2H3/t11-,12+,14+/m0/s1. The van der Waals surface area contributed by atoms with Crippen LogP contribution in [-0.4, -0.2) is 35.5 Å². The Kier molecular flexibility index (Phi) is 3.04. The van der Waals surface area contributed by atoms with Crippen LogP contribution < -0.4 is 4.90 Å². The fourth-order valence-corrected chi connectivity index (χ4v) is 3.18. The maximum atomic E-state index is 5.91. The van der Waals surface area contributed by atoms with Gasteiger partial charge in [-0.25, -0.2) is 0 Å². The van der Waals surface area contributed by atoms with E-state index in [0.717, 1.165) is 18.1 Å². The average Bonchev–Trinajstić information content (AvgIpc) is 2.94. The Morgan fingerprint density at radius 2 is 2.33 bits per heavy atom. The summed E-state index contributed by atoms with van der Waals surface area (Å²) in [4.78, 5) is 2.36. The van der Waals surface area contributed by atoms with Crippen molar-refractivity contribution >= 4 is 5.82 Å². The molecule has 0 N–H and O–H groups in total. The molecule has 2 aliphatic rings. The zero-order chi connectivity index (χ0) is 12.5. The van der Waals surface area contributed by atoms with Crippen molar-refractivity contribution in [2.45, 2.75) is 31.9 Å². The van der Waals surface area contributed by atoms with E-state index >= 15 is 0 Å². The maximum absolute atomic E-state index is 5.91. The van der Waals surface area contributed by atoms with Crippen LogP contribution in [0.1, 0.15) is 18.5 Å². The topological polar surface area (TPSA) is 38.2 Å². The first-order valence-corrected chi connectivity index (χ1v) is 6.59. The third-order valence-electron chi connectivity index (χ3n) is 3.99. The highest BCUT2D eigenvalue weighted by molar-refractivity contribution is 5.42. The fraction of sp³-hybridized carbons (Fsp3) is 0.571. The smallest absolute Gasteiger partial charge is 0.151 e. The second-order valence-electron chi connectivity index (χ2n) is 5.18. The summed E-state index contributed by atoms with van der Waals surface area (Å²) in [6.45, 7) is 7.37. The molecule has 2 heterocycles. The molecule has 4 heteroatoms. The van der Waals surface area contributed by atoms with Crippen LogP contribution in [0.2, 0.25) is 0 Å². The second kappa shape index (κ2) is 4.69. The summed E-state index contributed by atoms with van der Waals surface area (Å²) in [6, 6.07) is 4.55. The molecule has 1 saturated heterocycles. The molecule has 3 rings (SSSR count). The lowest BCUT2D eigenvalue weighted by Crippen LogP contribution is -2.36. The van der Waals surface area contributed by atoms with Gasteiger partial charge in [-0.05, 0) is 31.9 Å². The Balaban J connectivity index is 1.76. The van der Waals surface area contributed by atoms with Crippen molar-refractivity contribution in [2.24, 2.45) is 5.92 Å². The van der Waals surface area contributed by atoms with E-state index in [4.69, 9.17) is 4.74 Å². The molecule has 1 aliphatic heterocycles. The quantitative estimate of drug-likeness (QED) is 0.760.